The van der Waals surface area contributed by atoms with Crippen LogP contribution in [0.25, 0.3) is 0 Å². The first-order valence-corrected chi connectivity index (χ1v) is 12.4. The second-order valence-electron chi connectivity index (χ2n) is 8.15. The number of halogens is 1. The van der Waals surface area contributed by atoms with Gasteiger partial charge in [0, 0.05) is 51.9 Å². The van der Waals surface area contributed by atoms with Crippen LogP contribution >= 0.6 is 23.4 Å². The van der Waals surface area contributed by atoms with Gasteiger partial charge in [-0.05, 0) is 26.2 Å². The van der Waals surface area contributed by atoms with Crippen molar-refractivity contribution >= 4 is 35.1 Å². The van der Waals surface area contributed by atoms with Gasteiger partial charge < -0.3 is 19.6 Å². The molecule has 1 aliphatic rings. The van der Waals surface area contributed by atoms with Gasteiger partial charge in [0.1, 0.15) is 11.0 Å². The zero-order chi connectivity index (χ0) is 22.9. The van der Waals surface area contributed by atoms with E-state index in [0.717, 1.165) is 50.6 Å². The Morgan fingerprint density at radius 1 is 1.09 bits per heavy atom. The highest BCUT2D eigenvalue weighted by molar-refractivity contribution is 7.99. The van der Waals surface area contributed by atoms with Gasteiger partial charge in [-0.15, -0.1) is 0 Å². The Bertz CT molecular complexity index is 861. The molecule has 3 rings (SSSR count). The number of carbonyl (C=O) groups excluding carboxylic acids is 1. The second-order valence-corrected chi connectivity index (χ2v) is 9.48. The van der Waals surface area contributed by atoms with Gasteiger partial charge >= 0.3 is 0 Å². The summed E-state index contributed by atoms with van der Waals surface area (Å²) >= 11 is 7.64. The number of anilines is 1. The van der Waals surface area contributed by atoms with E-state index >= 15 is 0 Å². The van der Waals surface area contributed by atoms with Crippen LogP contribution in [0.4, 0.5) is 5.82 Å². The first kappa shape index (κ1) is 24.8. The van der Waals surface area contributed by atoms with Crippen LogP contribution in [0.5, 0.6) is 0 Å². The number of hydrogen-bond acceptors (Lipinski definition) is 7. The number of rotatable bonds is 10. The van der Waals surface area contributed by atoms with Crippen molar-refractivity contribution < 1.29 is 4.79 Å². The molecule has 1 saturated heterocycles. The van der Waals surface area contributed by atoms with Gasteiger partial charge in [0.2, 0.25) is 5.91 Å². The van der Waals surface area contributed by atoms with E-state index in [1.54, 1.807) is 0 Å². The molecule has 1 aromatic heterocycles. The van der Waals surface area contributed by atoms with E-state index in [9.17, 15) is 4.79 Å². The molecule has 2 aromatic rings. The Labute approximate surface area is 200 Å². The van der Waals surface area contributed by atoms with E-state index in [0.29, 0.717) is 23.4 Å². The van der Waals surface area contributed by atoms with Crippen LogP contribution in [0, 0.1) is 0 Å². The summed E-state index contributed by atoms with van der Waals surface area (Å²) in [5.74, 6) is 1.19. The van der Waals surface area contributed by atoms with E-state index in [4.69, 9.17) is 16.6 Å². The molecule has 1 aromatic carbocycles. The summed E-state index contributed by atoms with van der Waals surface area (Å²) in [6.07, 6.45) is 0. The first-order chi connectivity index (χ1) is 15.4. The van der Waals surface area contributed by atoms with E-state index in [2.05, 4.69) is 26.6 Å². The van der Waals surface area contributed by atoms with E-state index in [1.165, 1.54) is 11.8 Å². The number of piperazine rings is 1. The molecule has 2 heterocycles. The highest BCUT2D eigenvalue weighted by atomic mass is 35.5. The zero-order valence-corrected chi connectivity index (χ0v) is 20.8. The molecule has 0 radical (unpaired) electrons. The van der Waals surface area contributed by atoms with Crippen LogP contribution in [0.2, 0.25) is 5.15 Å². The second kappa shape index (κ2) is 12.4. The molecular formula is C23H33ClN6OS. The predicted octanol–water partition coefficient (Wildman–Crippen LogP) is 2.95. The Balaban J connectivity index is 1.63. The molecule has 32 heavy (non-hydrogen) atoms. The van der Waals surface area contributed by atoms with Gasteiger partial charge in [0.15, 0.2) is 5.16 Å². The van der Waals surface area contributed by atoms with Crippen molar-refractivity contribution in [1.82, 2.24) is 24.7 Å². The van der Waals surface area contributed by atoms with Crippen LogP contribution in [0.3, 0.4) is 0 Å². The Hall–Kier alpha value is -1.87. The molecule has 9 heteroatoms. The molecule has 0 N–H and O–H groups in total. The number of benzene rings is 1. The van der Waals surface area contributed by atoms with Crippen molar-refractivity contribution in [2.45, 2.75) is 18.6 Å². The number of hydrogen-bond donors (Lipinski definition) is 0. The number of likely N-dealkylation sites (N-methyl/N-ethyl adjacent to an activating group) is 2. The number of aromatic nitrogens is 2. The number of nitrogens with zero attached hydrogens (tertiary/aromatic N) is 6. The highest BCUT2D eigenvalue weighted by Crippen LogP contribution is 2.23. The monoisotopic (exact) mass is 476 g/mol. The average molecular weight is 477 g/mol. The van der Waals surface area contributed by atoms with Gasteiger partial charge in [-0.3, -0.25) is 4.79 Å². The van der Waals surface area contributed by atoms with E-state index in [1.807, 2.05) is 55.4 Å². The molecule has 1 amide bonds. The molecule has 0 spiro atoms. The van der Waals surface area contributed by atoms with Crippen molar-refractivity contribution in [1.29, 1.82) is 0 Å². The number of thioether (sulfide) groups is 1. The Kier molecular flexibility index (Phi) is 9.59. The normalized spacial score (nSPS) is 14.7. The lowest BCUT2D eigenvalue weighted by Crippen LogP contribution is -2.46. The maximum Gasteiger partial charge on any atom is 0.233 e. The lowest BCUT2D eigenvalue weighted by atomic mass is 10.2. The summed E-state index contributed by atoms with van der Waals surface area (Å²) in [5.41, 5.74) is 1.12. The molecule has 1 aliphatic heterocycles. The summed E-state index contributed by atoms with van der Waals surface area (Å²) in [5, 5.41) is 0.961. The third-order valence-corrected chi connectivity index (χ3v) is 6.54. The maximum atomic E-state index is 13.1. The first-order valence-electron chi connectivity index (χ1n) is 11.1. The fraction of sp³-hybridized carbons (Fsp3) is 0.522. The van der Waals surface area contributed by atoms with Crippen LogP contribution in [0.1, 0.15) is 12.5 Å². The number of amides is 1. The SMILES string of the molecule is CCN1CCN(c2cc(Cl)nc(SCC(=O)N(CCN(C)C)Cc3ccccc3)n2)CC1. The highest BCUT2D eigenvalue weighted by Gasteiger charge is 2.20. The minimum atomic E-state index is 0.0717. The summed E-state index contributed by atoms with van der Waals surface area (Å²) in [6, 6.07) is 11.9. The summed E-state index contributed by atoms with van der Waals surface area (Å²) in [6.45, 7) is 9.18. The minimum Gasteiger partial charge on any atom is -0.354 e. The summed E-state index contributed by atoms with van der Waals surface area (Å²) < 4.78 is 0. The van der Waals surface area contributed by atoms with Crippen molar-refractivity contribution in [2.24, 2.45) is 0 Å². The average Bonchev–Trinajstić information content (AvgIpc) is 2.80. The zero-order valence-electron chi connectivity index (χ0n) is 19.2. The third kappa shape index (κ3) is 7.62. The lowest BCUT2D eigenvalue weighted by molar-refractivity contribution is -0.129. The maximum absolute atomic E-state index is 13.1. The fourth-order valence-electron chi connectivity index (χ4n) is 3.54. The van der Waals surface area contributed by atoms with Gasteiger partial charge in [0.05, 0.1) is 5.75 Å². The van der Waals surface area contributed by atoms with Gasteiger partial charge in [0.25, 0.3) is 0 Å². The van der Waals surface area contributed by atoms with Crippen molar-refractivity contribution in [3.63, 3.8) is 0 Å². The smallest absolute Gasteiger partial charge is 0.233 e. The minimum absolute atomic E-state index is 0.0717. The molecule has 7 nitrogen and oxygen atoms in total. The molecule has 174 valence electrons. The Morgan fingerprint density at radius 2 is 1.81 bits per heavy atom. The largest absolute Gasteiger partial charge is 0.354 e. The lowest BCUT2D eigenvalue weighted by Gasteiger charge is -2.34. The van der Waals surface area contributed by atoms with Crippen LogP contribution in [-0.2, 0) is 11.3 Å². The Morgan fingerprint density at radius 3 is 2.47 bits per heavy atom. The number of carbonyl (C=O) groups is 1. The molecule has 1 fully saturated rings. The van der Waals surface area contributed by atoms with Crippen LogP contribution in [-0.4, -0.2) is 96.2 Å². The van der Waals surface area contributed by atoms with Gasteiger partial charge in [-0.1, -0.05) is 60.6 Å². The summed E-state index contributed by atoms with van der Waals surface area (Å²) in [7, 11) is 4.03. The van der Waals surface area contributed by atoms with Crippen LogP contribution in [0.15, 0.2) is 41.6 Å². The standard InChI is InChI=1S/C23H33ClN6OS/c1-4-28-11-14-29(15-12-28)21-16-20(24)25-23(26-21)32-18-22(31)30(13-10-27(2)3)17-19-8-6-5-7-9-19/h5-9,16H,4,10-15,17-18H2,1-3H3. The molecule has 0 atom stereocenters. The van der Waals surface area contributed by atoms with Gasteiger partial charge in [-0.2, -0.15) is 0 Å². The molecule has 0 saturated carbocycles. The van der Waals surface area contributed by atoms with Crippen molar-refractivity contribution in [3.8, 4) is 0 Å². The van der Waals surface area contributed by atoms with E-state index < -0.39 is 0 Å². The molecule has 0 aliphatic carbocycles. The van der Waals surface area contributed by atoms with E-state index in [-0.39, 0.29) is 11.7 Å². The fourth-order valence-corrected chi connectivity index (χ4v) is 4.52. The quantitative estimate of drug-likeness (QED) is 0.297. The van der Waals surface area contributed by atoms with Crippen molar-refractivity contribution in [3.05, 3.63) is 47.1 Å². The van der Waals surface area contributed by atoms with Gasteiger partial charge in [-0.25, -0.2) is 9.97 Å². The van der Waals surface area contributed by atoms with Crippen molar-refractivity contribution in [2.75, 3.05) is 70.6 Å². The van der Waals surface area contributed by atoms with Crippen LogP contribution < -0.4 is 4.90 Å². The predicted molar refractivity (Wildman–Crippen MR) is 133 cm³/mol. The third-order valence-electron chi connectivity index (χ3n) is 5.52. The topological polar surface area (TPSA) is 55.8 Å². The summed E-state index contributed by atoms with van der Waals surface area (Å²) in [4.78, 5) is 30.7. The molecule has 0 bridgehead atoms. The molecular weight excluding hydrogens is 444 g/mol. The molecule has 0 unspecified atom stereocenters.